The Hall–Kier alpha value is -1.93. The summed E-state index contributed by atoms with van der Waals surface area (Å²) in [6, 6.07) is 2.36. The number of nitrogens with one attached hydrogen (secondary N) is 2. The molecule has 0 bridgehead atoms. The van der Waals surface area contributed by atoms with Crippen LogP contribution in [0.5, 0.6) is 0 Å². The molecule has 1 aromatic heterocycles. The first-order chi connectivity index (χ1) is 12.6. The summed E-state index contributed by atoms with van der Waals surface area (Å²) in [4.78, 5) is 4.20. The summed E-state index contributed by atoms with van der Waals surface area (Å²) in [7, 11) is -1.95. The average Bonchev–Trinajstić information content (AvgIpc) is 3.34. The smallest absolute Gasteiger partial charge is 0.268 e. The molecule has 0 amide bonds. The molecule has 1 aromatic carbocycles. The predicted molar refractivity (Wildman–Crippen MR) is 98.7 cm³/mol. The van der Waals surface area contributed by atoms with E-state index in [2.05, 4.69) is 26.6 Å². The van der Waals surface area contributed by atoms with Crippen LogP contribution in [0.4, 0.5) is 11.6 Å². The molecule has 0 radical (unpaired) electrons. The molecule has 140 valence electrons. The molecule has 0 unspecified atom stereocenters. The van der Waals surface area contributed by atoms with Crippen LogP contribution in [-0.2, 0) is 40.3 Å². The van der Waals surface area contributed by atoms with Crippen molar-refractivity contribution in [3.8, 4) is 0 Å². The van der Waals surface area contributed by atoms with Crippen LogP contribution >= 0.6 is 0 Å². The van der Waals surface area contributed by atoms with Crippen molar-refractivity contribution in [2.24, 2.45) is 0 Å². The third-order valence-corrected chi connectivity index (χ3v) is 6.79. The summed E-state index contributed by atoms with van der Waals surface area (Å²) in [6.45, 7) is 0.400. The molecule has 0 fully saturated rings. The van der Waals surface area contributed by atoms with E-state index in [0.29, 0.717) is 19.0 Å². The van der Waals surface area contributed by atoms with Gasteiger partial charge in [0.2, 0.25) is 15.8 Å². The zero-order valence-electron chi connectivity index (χ0n) is 15.0. The topological polar surface area (TPSA) is 97.0 Å². The fourth-order valence-corrected chi connectivity index (χ4v) is 5.11. The van der Waals surface area contributed by atoms with Gasteiger partial charge in [-0.25, -0.2) is 13.5 Å². The lowest BCUT2D eigenvalue weighted by atomic mass is 9.99. The van der Waals surface area contributed by atoms with Gasteiger partial charge in [-0.15, -0.1) is 5.10 Å². The van der Waals surface area contributed by atoms with Crippen LogP contribution in [0.3, 0.4) is 0 Å². The normalized spacial score (nSPS) is 15.9. The minimum absolute atomic E-state index is 0.0196. The van der Waals surface area contributed by atoms with E-state index in [1.807, 2.05) is 0 Å². The Bertz CT molecular complexity index is 889. The maximum absolute atomic E-state index is 12.3. The molecule has 2 N–H and O–H groups in total. The van der Waals surface area contributed by atoms with Crippen molar-refractivity contribution in [3.63, 3.8) is 0 Å². The predicted octanol–water partition coefficient (Wildman–Crippen LogP) is 2.34. The molecule has 26 heavy (non-hydrogen) atoms. The number of aromatic amines is 1. The summed E-state index contributed by atoms with van der Waals surface area (Å²) in [5.41, 5.74) is 6.66. The number of benzene rings is 1. The highest BCUT2D eigenvalue weighted by Gasteiger charge is 2.25. The van der Waals surface area contributed by atoms with Gasteiger partial charge in [0, 0.05) is 19.4 Å². The number of rotatable bonds is 7. The number of sulfone groups is 1. The first-order valence-corrected chi connectivity index (χ1v) is 10.8. The molecule has 8 heteroatoms. The van der Waals surface area contributed by atoms with Crippen LogP contribution < -0.4 is 5.32 Å². The molecule has 0 saturated heterocycles. The number of aromatic nitrogens is 3. The van der Waals surface area contributed by atoms with Gasteiger partial charge in [-0.1, -0.05) is 6.07 Å². The van der Waals surface area contributed by atoms with E-state index >= 15 is 0 Å². The summed E-state index contributed by atoms with van der Waals surface area (Å²) in [5, 5.41) is 9.87. The fourth-order valence-electron chi connectivity index (χ4n) is 4.01. The Kier molecular flexibility index (Phi) is 4.71. The number of hydrogen-bond acceptors (Lipinski definition) is 6. The standard InChI is InChI=1S/C18H24N4O3S/c1-25-9-4-10-26(23,24)18-20-17(21-22-18)19-16-14-7-2-5-12(14)11-13-6-3-8-15(13)16/h11H,2-10H2,1H3,(H2,19,20,21,22). The van der Waals surface area contributed by atoms with Gasteiger partial charge in [0.25, 0.3) is 5.16 Å². The Labute approximate surface area is 153 Å². The van der Waals surface area contributed by atoms with E-state index in [1.54, 1.807) is 7.11 Å². The van der Waals surface area contributed by atoms with Gasteiger partial charge >= 0.3 is 0 Å². The van der Waals surface area contributed by atoms with E-state index in [9.17, 15) is 8.42 Å². The van der Waals surface area contributed by atoms with Crippen LogP contribution in [0.15, 0.2) is 11.2 Å². The van der Waals surface area contributed by atoms with Crippen molar-refractivity contribution in [1.29, 1.82) is 0 Å². The van der Waals surface area contributed by atoms with Crippen molar-refractivity contribution in [2.75, 3.05) is 24.8 Å². The highest BCUT2D eigenvalue weighted by atomic mass is 32.2. The number of anilines is 2. The molecule has 2 aromatic rings. The van der Waals surface area contributed by atoms with Gasteiger partial charge in [-0.3, -0.25) is 0 Å². The van der Waals surface area contributed by atoms with Gasteiger partial charge in [0.05, 0.1) is 5.75 Å². The van der Waals surface area contributed by atoms with E-state index in [1.165, 1.54) is 35.1 Å². The molecule has 0 atom stereocenters. The third-order valence-electron chi connectivity index (χ3n) is 5.22. The quantitative estimate of drug-likeness (QED) is 0.720. The lowest BCUT2D eigenvalue weighted by Gasteiger charge is -2.15. The van der Waals surface area contributed by atoms with Crippen molar-refractivity contribution in [1.82, 2.24) is 15.2 Å². The summed E-state index contributed by atoms with van der Waals surface area (Å²) in [5.74, 6) is 0.374. The molecule has 2 aliphatic rings. The first-order valence-electron chi connectivity index (χ1n) is 9.16. The number of hydrogen-bond donors (Lipinski definition) is 2. The molecular formula is C18H24N4O3S. The Morgan fingerprint density at radius 1 is 1.15 bits per heavy atom. The Balaban J connectivity index is 1.59. The number of methoxy groups -OCH3 is 1. The average molecular weight is 376 g/mol. The third kappa shape index (κ3) is 3.23. The number of aryl methyl sites for hydroxylation is 2. The Morgan fingerprint density at radius 2 is 1.85 bits per heavy atom. The van der Waals surface area contributed by atoms with Crippen molar-refractivity contribution >= 4 is 21.5 Å². The van der Waals surface area contributed by atoms with Gasteiger partial charge < -0.3 is 10.1 Å². The summed E-state index contributed by atoms with van der Waals surface area (Å²) < 4.78 is 29.6. The van der Waals surface area contributed by atoms with Crippen LogP contribution in [0.25, 0.3) is 0 Å². The second-order valence-electron chi connectivity index (χ2n) is 6.99. The van der Waals surface area contributed by atoms with Crippen molar-refractivity contribution in [3.05, 3.63) is 28.3 Å². The van der Waals surface area contributed by atoms with Gasteiger partial charge in [0.1, 0.15) is 0 Å². The number of nitrogens with zero attached hydrogens (tertiary/aromatic N) is 2. The maximum Gasteiger partial charge on any atom is 0.268 e. The van der Waals surface area contributed by atoms with Crippen LogP contribution in [0.2, 0.25) is 0 Å². The van der Waals surface area contributed by atoms with Crippen LogP contribution in [-0.4, -0.2) is 43.1 Å². The zero-order chi connectivity index (χ0) is 18.1. The minimum atomic E-state index is -3.50. The zero-order valence-corrected chi connectivity index (χ0v) is 15.8. The number of H-pyrrole nitrogens is 1. The molecular weight excluding hydrogens is 352 g/mol. The van der Waals surface area contributed by atoms with E-state index in [4.69, 9.17) is 4.74 Å². The van der Waals surface area contributed by atoms with E-state index in [-0.39, 0.29) is 10.9 Å². The van der Waals surface area contributed by atoms with Gasteiger partial charge in [-0.05, 0) is 67.2 Å². The second kappa shape index (κ2) is 7.00. The lowest BCUT2D eigenvalue weighted by molar-refractivity contribution is 0.199. The highest BCUT2D eigenvalue weighted by Crippen LogP contribution is 2.39. The van der Waals surface area contributed by atoms with E-state index < -0.39 is 9.84 Å². The monoisotopic (exact) mass is 376 g/mol. The largest absolute Gasteiger partial charge is 0.385 e. The maximum atomic E-state index is 12.3. The molecule has 0 aliphatic heterocycles. The minimum Gasteiger partial charge on any atom is -0.385 e. The van der Waals surface area contributed by atoms with Crippen molar-refractivity contribution in [2.45, 2.75) is 50.1 Å². The highest BCUT2D eigenvalue weighted by molar-refractivity contribution is 7.91. The van der Waals surface area contributed by atoms with Gasteiger partial charge in [-0.2, -0.15) is 4.98 Å². The molecule has 4 rings (SSSR count). The number of fused-ring (bicyclic) bond motifs is 2. The van der Waals surface area contributed by atoms with Crippen LogP contribution in [0, 0.1) is 0 Å². The lowest BCUT2D eigenvalue weighted by Crippen LogP contribution is -2.10. The van der Waals surface area contributed by atoms with E-state index in [0.717, 1.165) is 31.4 Å². The summed E-state index contributed by atoms with van der Waals surface area (Å²) >= 11 is 0. The molecule has 2 aliphatic carbocycles. The Morgan fingerprint density at radius 3 is 2.50 bits per heavy atom. The summed E-state index contributed by atoms with van der Waals surface area (Å²) in [6.07, 6.45) is 7.11. The van der Waals surface area contributed by atoms with Crippen LogP contribution in [0.1, 0.15) is 41.5 Å². The SMILES string of the molecule is COCCCS(=O)(=O)c1n[nH]c(Nc2c3c(cc4c2CCC4)CCC3)n1. The molecule has 0 saturated carbocycles. The molecule has 7 nitrogen and oxygen atoms in total. The molecule has 0 spiro atoms. The van der Waals surface area contributed by atoms with Crippen molar-refractivity contribution < 1.29 is 13.2 Å². The molecule has 1 heterocycles. The number of ether oxygens (including phenoxy) is 1. The first kappa shape index (κ1) is 17.5. The second-order valence-corrected chi connectivity index (χ2v) is 8.99. The van der Waals surface area contributed by atoms with Gasteiger partial charge in [0.15, 0.2) is 0 Å². The fraction of sp³-hybridized carbons (Fsp3) is 0.556.